The van der Waals surface area contributed by atoms with E-state index in [1.54, 1.807) is 0 Å². The molecule has 0 aromatic carbocycles. The summed E-state index contributed by atoms with van der Waals surface area (Å²) < 4.78 is 0. The molecule has 1 N–H and O–H groups in total. The van der Waals surface area contributed by atoms with Gasteiger partial charge in [-0.25, -0.2) is 0 Å². The number of rotatable bonds is 1. The number of piperidine rings is 2. The maximum Gasteiger partial charge on any atom is 0.0122 e. The fraction of sp³-hybridized carbons (Fsp3) is 1.00. The molecule has 2 heterocycles. The van der Waals surface area contributed by atoms with Crippen LogP contribution < -0.4 is 5.32 Å². The van der Waals surface area contributed by atoms with Crippen LogP contribution in [0.5, 0.6) is 0 Å². The van der Waals surface area contributed by atoms with E-state index in [2.05, 4.69) is 17.1 Å². The SMILES string of the molecule is C[C@H]1CCCCN1C1CCNCC1. The number of likely N-dealkylation sites (tertiary alicyclic amines) is 1. The summed E-state index contributed by atoms with van der Waals surface area (Å²) in [5.74, 6) is 0. The van der Waals surface area contributed by atoms with E-state index < -0.39 is 0 Å². The van der Waals surface area contributed by atoms with Gasteiger partial charge in [0.1, 0.15) is 0 Å². The van der Waals surface area contributed by atoms with Gasteiger partial charge in [0.25, 0.3) is 0 Å². The van der Waals surface area contributed by atoms with Gasteiger partial charge in [-0.15, -0.1) is 0 Å². The van der Waals surface area contributed by atoms with Crippen molar-refractivity contribution in [3.05, 3.63) is 0 Å². The van der Waals surface area contributed by atoms with Crippen LogP contribution >= 0.6 is 0 Å². The molecule has 0 radical (unpaired) electrons. The molecule has 2 saturated heterocycles. The summed E-state index contributed by atoms with van der Waals surface area (Å²) in [4.78, 5) is 2.75. The van der Waals surface area contributed by atoms with Crippen LogP contribution in [0.2, 0.25) is 0 Å². The highest BCUT2D eigenvalue weighted by molar-refractivity contribution is 4.83. The van der Waals surface area contributed by atoms with E-state index in [1.807, 2.05) is 0 Å². The van der Waals surface area contributed by atoms with Gasteiger partial charge >= 0.3 is 0 Å². The normalized spacial score (nSPS) is 33.5. The lowest BCUT2D eigenvalue weighted by atomic mass is 9.97. The molecular formula is C11H22N2. The van der Waals surface area contributed by atoms with Gasteiger partial charge in [0.15, 0.2) is 0 Å². The maximum absolute atomic E-state index is 3.44. The van der Waals surface area contributed by atoms with Crippen LogP contribution in [0.25, 0.3) is 0 Å². The molecule has 0 aromatic rings. The number of nitrogens with zero attached hydrogens (tertiary/aromatic N) is 1. The molecule has 2 aliphatic heterocycles. The summed E-state index contributed by atoms with van der Waals surface area (Å²) in [5.41, 5.74) is 0. The summed E-state index contributed by atoms with van der Waals surface area (Å²) in [6, 6.07) is 1.73. The molecule has 76 valence electrons. The van der Waals surface area contributed by atoms with Crippen LogP contribution in [0, 0.1) is 0 Å². The molecule has 0 bridgehead atoms. The lowest BCUT2D eigenvalue weighted by molar-refractivity contribution is 0.0859. The fourth-order valence-electron chi connectivity index (χ4n) is 2.80. The average molecular weight is 182 g/mol. The average Bonchev–Trinajstić information content (AvgIpc) is 2.20. The van der Waals surface area contributed by atoms with E-state index >= 15 is 0 Å². The summed E-state index contributed by atoms with van der Waals surface area (Å²) in [6.45, 7) is 6.22. The molecule has 0 amide bonds. The predicted molar refractivity (Wildman–Crippen MR) is 55.9 cm³/mol. The van der Waals surface area contributed by atoms with E-state index in [0.717, 1.165) is 12.1 Å². The van der Waals surface area contributed by atoms with Crippen LogP contribution in [0.1, 0.15) is 39.0 Å². The molecule has 2 nitrogen and oxygen atoms in total. The minimum atomic E-state index is 0.844. The highest BCUT2D eigenvalue weighted by atomic mass is 15.2. The monoisotopic (exact) mass is 182 g/mol. The molecule has 0 aromatic heterocycles. The van der Waals surface area contributed by atoms with Gasteiger partial charge in [-0.2, -0.15) is 0 Å². The van der Waals surface area contributed by atoms with Gasteiger partial charge in [-0.1, -0.05) is 6.42 Å². The third kappa shape index (κ3) is 2.23. The Labute approximate surface area is 81.7 Å². The third-order valence-corrected chi connectivity index (χ3v) is 3.63. The van der Waals surface area contributed by atoms with Gasteiger partial charge in [-0.05, 0) is 52.2 Å². The largest absolute Gasteiger partial charge is 0.317 e. The second-order valence-corrected chi connectivity index (χ2v) is 4.56. The first kappa shape index (κ1) is 9.47. The van der Waals surface area contributed by atoms with Crippen molar-refractivity contribution in [3.63, 3.8) is 0 Å². The van der Waals surface area contributed by atoms with Gasteiger partial charge in [0.2, 0.25) is 0 Å². The van der Waals surface area contributed by atoms with Crippen molar-refractivity contribution in [1.29, 1.82) is 0 Å². The van der Waals surface area contributed by atoms with E-state index in [9.17, 15) is 0 Å². The van der Waals surface area contributed by atoms with Gasteiger partial charge in [0, 0.05) is 12.1 Å². The van der Waals surface area contributed by atoms with Crippen molar-refractivity contribution >= 4 is 0 Å². The standard InChI is InChI=1S/C11H22N2/c1-10-4-2-3-9-13(10)11-5-7-12-8-6-11/h10-12H,2-9H2,1H3/t10-/m0/s1. The van der Waals surface area contributed by atoms with E-state index in [-0.39, 0.29) is 0 Å². The predicted octanol–water partition coefficient (Wildman–Crippen LogP) is 1.61. The zero-order valence-electron chi connectivity index (χ0n) is 8.76. The van der Waals surface area contributed by atoms with E-state index in [0.29, 0.717) is 0 Å². The smallest absolute Gasteiger partial charge is 0.0122 e. The quantitative estimate of drug-likeness (QED) is 0.663. The maximum atomic E-state index is 3.44. The van der Waals surface area contributed by atoms with Crippen molar-refractivity contribution < 1.29 is 0 Å². The Hall–Kier alpha value is -0.0800. The summed E-state index contributed by atoms with van der Waals surface area (Å²) in [6.07, 6.45) is 7.02. The third-order valence-electron chi connectivity index (χ3n) is 3.63. The number of nitrogens with one attached hydrogen (secondary N) is 1. The highest BCUT2D eigenvalue weighted by Crippen LogP contribution is 2.22. The Balaban J connectivity index is 1.88. The van der Waals surface area contributed by atoms with Crippen LogP contribution in [0.3, 0.4) is 0 Å². The Morgan fingerprint density at radius 3 is 2.54 bits per heavy atom. The zero-order chi connectivity index (χ0) is 9.10. The molecule has 2 fully saturated rings. The molecular weight excluding hydrogens is 160 g/mol. The molecule has 1 atom stereocenters. The number of hydrogen-bond donors (Lipinski definition) is 1. The Morgan fingerprint density at radius 2 is 1.85 bits per heavy atom. The van der Waals surface area contributed by atoms with Crippen molar-refractivity contribution in [1.82, 2.24) is 10.2 Å². The molecule has 13 heavy (non-hydrogen) atoms. The van der Waals surface area contributed by atoms with E-state index in [1.165, 1.54) is 51.7 Å². The van der Waals surface area contributed by atoms with Crippen molar-refractivity contribution in [2.75, 3.05) is 19.6 Å². The molecule has 0 spiro atoms. The Kier molecular flexibility index (Phi) is 3.23. The minimum absolute atomic E-state index is 0.844. The van der Waals surface area contributed by atoms with Crippen molar-refractivity contribution in [3.8, 4) is 0 Å². The first-order chi connectivity index (χ1) is 6.38. The summed E-state index contributed by atoms with van der Waals surface area (Å²) in [5, 5.41) is 3.44. The molecule has 2 rings (SSSR count). The van der Waals surface area contributed by atoms with Gasteiger partial charge in [-0.3, -0.25) is 4.90 Å². The summed E-state index contributed by atoms with van der Waals surface area (Å²) in [7, 11) is 0. The van der Waals surface area contributed by atoms with E-state index in [4.69, 9.17) is 0 Å². The van der Waals surface area contributed by atoms with Crippen molar-refractivity contribution in [2.45, 2.75) is 51.1 Å². The topological polar surface area (TPSA) is 15.3 Å². The Bertz CT molecular complexity index is 152. The number of hydrogen-bond acceptors (Lipinski definition) is 2. The van der Waals surface area contributed by atoms with Gasteiger partial charge in [0.05, 0.1) is 0 Å². The molecule has 0 unspecified atom stereocenters. The first-order valence-corrected chi connectivity index (χ1v) is 5.84. The molecule has 0 saturated carbocycles. The zero-order valence-corrected chi connectivity index (χ0v) is 8.76. The van der Waals surface area contributed by atoms with Gasteiger partial charge < -0.3 is 5.32 Å². The van der Waals surface area contributed by atoms with Crippen LogP contribution in [0.15, 0.2) is 0 Å². The van der Waals surface area contributed by atoms with Crippen LogP contribution in [0.4, 0.5) is 0 Å². The molecule has 0 aliphatic carbocycles. The van der Waals surface area contributed by atoms with Crippen LogP contribution in [-0.2, 0) is 0 Å². The van der Waals surface area contributed by atoms with Crippen LogP contribution in [-0.4, -0.2) is 36.6 Å². The fourth-order valence-corrected chi connectivity index (χ4v) is 2.80. The lowest BCUT2D eigenvalue weighted by Gasteiger charge is -2.41. The second-order valence-electron chi connectivity index (χ2n) is 4.56. The lowest BCUT2D eigenvalue weighted by Crippen LogP contribution is -2.49. The summed E-state index contributed by atoms with van der Waals surface area (Å²) >= 11 is 0. The first-order valence-electron chi connectivity index (χ1n) is 5.84. The second kappa shape index (κ2) is 4.43. The Morgan fingerprint density at radius 1 is 1.08 bits per heavy atom. The highest BCUT2D eigenvalue weighted by Gasteiger charge is 2.26. The molecule has 2 heteroatoms. The minimum Gasteiger partial charge on any atom is -0.317 e. The molecule has 2 aliphatic rings. The van der Waals surface area contributed by atoms with Crippen molar-refractivity contribution in [2.24, 2.45) is 0 Å².